The van der Waals surface area contributed by atoms with Gasteiger partial charge < -0.3 is 0 Å². The summed E-state index contributed by atoms with van der Waals surface area (Å²) in [4.78, 5) is 0. The van der Waals surface area contributed by atoms with Crippen LogP contribution in [0, 0.1) is 0 Å². The second kappa shape index (κ2) is 12.9. The van der Waals surface area contributed by atoms with Gasteiger partial charge in [-0.05, 0) is 100 Å². The summed E-state index contributed by atoms with van der Waals surface area (Å²) in [5, 5.41) is 4.71. The molecule has 0 nitrogen and oxygen atoms in total. The van der Waals surface area contributed by atoms with Gasteiger partial charge in [0.2, 0.25) is 0 Å². The van der Waals surface area contributed by atoms with E-state index in [1.807, 2.05) is 0 Å². The summed E-state index contributed by atoms with van der Waals surface area (Å²) in [7, 11) is 13.5. The fourth-order valence-electron chi connectivity index (χ4n) is 7.24. The van der Waals surface area contributed by atoms with E-state index in [4.69, 9.17) is 15.7 Å². The number of benzene rings is 8. The van der Waals surface area contributed by atoms with Crippen molar-refractivity contribution < 1.29 is 0 Å². The normalized spacial score (nSPS) is 11.2. The van der Waals surface area contributed by atoms with E-state index in [1.165, 1.54) is 43.8 Å². The highest BCUT2D eigenvalue weighted by Crippen LogP contribution is 2.46. The van der Waals surface area contributed by atoms with Gasteiger partial charge in [-0.2, -0.15) is 0 Å². The molecule has 0 aliphatic carbocycles. The second-order valence-electron chi connectivity index (χ2n) is 12.3. The third kappa shape index (κ3) is 5.34. The van der Waals surface area contributed by atoms with Gasteiger partial charge in [-0.15, -0.1) is 0 Å². The maximum Gasteiger partial charge on any atom is 0.0717 e. The maximum absolute atomic E-state index is 6.76. The SMILES string of the molecule is [B]Cc1c(-c2ccc(-c3ccccc3)cc2)cc2ccccc2c1-c1c(C[B])c(-c2ccc(-c3ccccc3)cc2)cc2ccccc12. The molecular formula is C46H32B2. The molecule has 0 saturated heterocycles. The lowest BCUT2D eigenvalue weighted by atomic mass is 9.75. The molecule has 0 spiro atoms. The van der Waals surface area contributed by atoms with Crippen LogP contribution in [0.15, 0.2) is 170 Å². The van der Waals surface area contributed by atoms with Crippen molar-refractivity contribution in [2.75, 3.05) is 0 Å². The molecule has 0 aliphatic rings. The van der Waals surface area contributed by atoms with Crippen LogP contribution in [0.3, 0.4) is 0 Å². The number of fused-ring (bicyclic) bond motifs is 2. The van der Waals surface area contributed by atoms with Crippen LogP contribution in [-0.4, -0.2) is 15.7 Å². The molecule has 8 aromatic carbocycles. The van der Waals surface area contributed by atoms with Gasteiger partial charge in [0.25, 0.3) is 0 Å². The van der Waals surface area contributed by atoms with Crippen molar-refractivity contribution in [2.45, 2.75) is 12.6 Å². The van der Waals surface area contributed by atoms with Crippen LogP contribution in [0.1, 0.15) is 11.1 Å². The average Bonchev–Trinajstić information content (AvgIpc) is 3.17. The van der Waals surface area contributed by atoms with Gasteiger partial charge in [0.05, 0.1) is 15.7 Å². The third-order valence-corrected chi connectivity index (χ3v) is 9.58. The maximum atomic E-state index is 6.76. The Labute approximate surface area is 285 Å². The Bertz CT molecular complexity index is 2200. The van der Waals surface area contributed by atoms with Gasteiger partial charge in [0, 0.05) is 0 Å². The van der Waals surface area contributed by atoms with E-state index in [0.29, 0.717) is 12.6 Å². The van der Waals surface area contributed by atoms with E-state index in [9.17, 15) is 0 Å². The highest BCUT2D eigenvalue weighted by Gasteiger charge is 2.22. The molecule has 0 fully saturated rings. The van der Waals surface area contributed by atoms with Crippen LogP contribution in [-0.2, 0) is 12.6 Å². The quantitative estimate of drug-likeness (QED) is 0.158. The fraction of sp³-hybridized carbons (Fsp3) is 0.0435. The van der Waals surface area contributed by atoms with Crippen LogP contribution in [0.2, 0.25) is 0 Å². The second-order valence-corrected chi connectivity index (χ2v) is 12.3. The zero-order valence-corrected chi connectivity index (χ0v) is 26.7. The van der Waals surface area contributed by atoms with Gasteiger partial charge in [0.15, 0.2) is 0 Å². The van der Waals surface area contributed by atoms with E-state index < -0.39 is 0 Å². The molecule has 0 atom stereocenters. The topological polar surface area (TPSA) is 0 Å². The molecule has 48 heavy (non-hydrogen) atoms. The highest BCUT2D eigenvalue weighted by atomic mass is 14.2. The lowest BCUT2D eigenvalue weighted by Gasteiger charge is -2.24. The summed E-state index contributed by atoms with van der Waals surface area (Å²) in [6, 6.07) is 60.7. The molecular weight excluding hydrogens is 574 g/mol. The summed E-state index contributed by atoms with van der Waals surface area (Å²) >= 11 is 0. The minimum absolute atomic E-state index is 0.393. The van der Waals surface area contributed by atoms with Gasteiger partial charge in [-0.25, -0.2) is 0 Å². The predicted molar refractivity (Wildman–Crippen MR) is 208 cm³/mol. The molecule has 0 unspecified atom stereocenters. The zero-order chi connectivity index (χ0) is 32.5. The Morgan fingerprint density at radius 3 is 1.00 bits per heavy atom. The molecule has 0 N–H and O–H groups in total. The summed E-state index contributed by atoms with van der Waals surface area (Å²) in [5.41, 5.74) is 14.0. The van der Waals surface area contributed by atoms with Crippen molar-refractivity contribution in [3.63, 3.8) is 0 Å². The van der Waals surface area contributed by atoms with E-state index >= 15 is 0 Å². The van der Waals surface area contributed by atoms with Gasteiger partial charge >= 0.3 is 0 Å². The van der Waals surface area contributed by atoms with Crippen LogP contribution >= 0.6 is 0 Å². The van der Waals surface area contributed by atoms with Gasteiger partial charge in [-0.3, -0.25) is 0 Å². The molecule has 0 bridgehead atoms. The first kappa shape index (κ1) is 29.8. The van der Waals surface area contributed by atoms with Crippen LogP contribution < -0.4 is 0 Å². The van der Waals surface area contributed by atoms with Crippen molar-refractivity contribution >= 4 is 37.2 Å². The Hall–Kier alpha value is -5.59. The van der Waals surface area contributed by atoms with E-state index in [0.717, 1.165) is 44.5 Å². The smallest absolute Gasteiger partial charge is 0.0631 e. The largest absolute Gasteiger partial charge is 0.0717 e. The minimum atomic E-state index is 0.393. The molecule has 0 aromatic heterocycles. The Morgan fingerprint density at radius 2 is 0.625 bits per heavy atom. The van der Waals surface area contributed by atoms with Crippen molar-refractivity contribution in [3.8, 4) is 55.6 Å². The molecule has 0 saturated carbocycles. The summed E-state index contributed by atoms with van der Waals surface area (Å²) < 4.78 is 0. The number of hydrogen-bond acceptors (Lipinski definition) is 0. The molecule has 2 heteroatoms. The first-order valence-corrected chi connectivity index (χ1v) is 16.5. The highest BCUT2D eigenvalue weighted by molar-refractivity contribution is 6.17. The molecule has 8 rings (SSSR count). The molecule has 0 aliphatic heterocycles. The lowest BCUT2D eigenvalue weighted by Crippen LogP contribution is -2.02. The summed E-state index contributed by atoms with van der Waals surface area (Å²) in [6.07, 6.45) is 0.786. The van der Waals surface area contributed by atoms with Crippen molar-refractivity contribution in [1.29, 1.82) is 0 Å². The van der Waals surface area contributed by atoms with Gasteiger partial charge in [0.1, 0.15) is 0 Å². The molecule has 4 radical (unpaired) electrons. The molecule has 0 amide bonds. The standard InChI is InChI=1S/C46H32B2/c47-29-43-41(35-23-19-33(20-24-35)31-11-3-1-4-12-31)27-37-15-7-9-17-39(37)45(43)46-40-18-10-8-16-38(40)28-42(44(46)30-48)36-25-21-34(22-26-36)32-13-5-2-6-14-32/h1-28H,29-30H2. The average molecular weight is 606 g/mol. The van der Waals surface area contributed by atoms with Crippen molar-refractivity contribution in [1.82, 2.24) is 0 Å². The minimum Gasteiger partial charge on any atom is -0.0631 e. The zero-order valence-electron chi connectivity index (χ0n) is 26.7. The number of rotatable bonds is 7. The van der Waals surface area contributed by atoms with Crippen molar-refractivity contribution in [2.24, 2.45) is 0 Å². The van der Waals surface area contributed by atoms with Crippen LogP contribution in [0.25, 0.3) is 77.2 Å². The number of hydrogen-bond donors (Lipinski definition) is 0. The Morgan fingerprint density at radius 1 is 0.312 bits per heavy atom. The molecule has 0 heterocycles. The molecule has 8 aromatic rings. The van der Waals surface area contributed by atoms with Crippen molar-refractivity contribution in [3.05, 3.63) is 181 Å². The van der Waals surface area contributed by atoms with Crippen LogP contribution in [0.5, 0.6) is 0 Å². The third-order valence-electron chi connectivity index (χ3n) is 9.58. The molecule has 222 valence electrons. The predicted octanol–water partition coefficient (Wildman–Crippen LogP) is 11.7. The summed E-state index contributed by atoms with van der Waals surface area (Å²) in [5.74, 6) is 0. The first-order chi connectivity index (χ1) is 23.7. The van der Waals surface area contributed by atoms with Gasteiger partial charge in [-0.1, -0.05) is 170 Å². The van der Waals surface area contributed by atoms with E-state index in [1.54, 1.807) is 0 Å². The summed E-state index contributed by atoms with van der Waals surface area (Å²) in [6.45, 7) is 0. The Kier molecular flexibility index (Phi) is 8.00. The van der Waals surface area contributed by atoms with E-state index in [2.05, 4.69) is 170 Å². The van der Waals surface area contributed by atoms with Crippen LogP contribution in [0.4, 0.5) is 0 Å². The first-order valence-electron chi connectivity index (χ1n) is 16.5. The van der Waals surface area contributed by atoms with E-state index in [-0.39, 0.29) is 0 Å². The fourth-order valence-corrected chi connectivity index (χ4v) is 7.24. The lowest BCUT2D eigenvalue weighted by molar-refractivity contribution is 1.37. The monoisotopic (exact) mass is 606 g/mol. The Balaban J connectivity index is 1.38.